The first-order chi connectivity index (χ1) is 9.36. The number of carboxylic acid groups (broad SMARTS) is 1. The molecule has 0 saturated carbocycles. The molecule has 0 amide bonds. The summed E-state index contributed by atoms with van der Waals surface area (Å²) in [4.78, 5) is 11.0. The van der Waals surface area contributed by atoms with Crippen molar-refractivity contribution in [2.45, 2.75) is 26.2 Å². The molecule has 0 radical (unpaired) electrons. The maximum atomic E-state index is 11.0. The van der Waals surface area contributed by atoms with E-state index in [-0.39, 0.29) is 20.4 Å². The first-order valence-corrected chi connectivity index (χ1v) is 8.19. The van der Waals surface area contributed by atoms with Crippen LogP contribution in [-0.2, 0) is 5.41 Å². The predicted molar refractivity (Wildman–Crippen MR) is 83.6 cm³/mol. The van der Waals surface area contributed by atoms with Crippen LogP contribution in [0.25, 0.3) is 0 Å². The number of carbonyl (C=O) groups is 1. The van der Waals surface area contributed by atoms with Crippen molar-refractivity contribution in [3.8, 4) is 0 Å². The third-order valence-electron chi connectivity index (χ3n) is 3.04. The Hall–Kier alpha value is -1.57. The molecule has 0 aliphatic carbocycles. The van der Waals surface area contributed by atoms with Crippen molar-refractivity contribution in [3.05, 3.63) is 59.7 Å². The first-order valence-electron chi connectivity index (χ1n) is 6.48. The molecule has 0 fully saturated rings. The minimum atomic E-state index is -0.870. The monoisotopic (exact) mass is 334 g/mol. The molecule has 0 aromatic heterocycles. The first kappa shape index (κ1) is 14.8. The zero-order valence-corrected chi connectivity index (χ0v) is 13.6. The van der Waals surface area contributed by atoms with Crippen LogP contribution < -0.4 is 8.92 Å². The van der Waals surface area contributed by atoms with Crippen LogP contribution in [0.15, 0.2) is 48.5 Å². The summed E-state index contributed by atoms with van der Waals surface area (Å²) in [6.45, 7) is 6.59. The van der Waals surface area contributed by atoms with Crippen LogP contribution in [0, 0.1) is 0 Å². The Kier molecular flexibility index (Phi) is 4.32. The van der Waals surface area contributed by atoms with E-state index in [1.165, 1.54) is 10.0 Å². The van der Waals surface area contributed by atoms with Gasteiger partial charge in [0.1, 0.15) is 0 Å². The summed E-state index contributed by atoms with van der Waals surface area (Å²) in [5.74, 6) is -0.870. The molecular weight excluding hydrogens is 315 g/mol. The second-order valence-corrected chi connectivity index (χ2v) is 8.12. The molecule has 104 valence electrons. The molecule has 2 aromatic rings. The second-order valence-electron chi connectivity index (χ2n) is 5.71. The summed E-state index contributed by atoms with van der Waals surface area (Å²) in [7, 11) is 0. The van der Waals surface area contributed by atoms with E-state index in [0.717, 1.165) is 4.46 Å². The van der Waals surface area contributed by atoms with Crippen molar-refractivity contribution < 1.29 is 9.90 Å². The van der Waals surface area contributed by atoms with E-state index in [1.807, 2.05) is 12.1 Å². The Bertz CT molecular complexity index is 610. The summed E-state index contributed by atoms with van der Waals surface area (Å²) in [6, 6.07) is 15.8. The molecule has 0 saturated heterocycles. The van der Waals surface area contributed by atoms with Crippen molar-refractivity contribution in [1.82, 2.24) is 0 Å². The summed E-state index contributed by atoms with van der Waals surface area (Å²) in [5.41, 5.74) is 1.83. The van der Waals surface area contributed by atoms with Crippen molar-refractivity contribution in [1.29, 1.82) is 0 Å². The van der Waals surface area contributed by atoms with Gasteiger partial charge in [0.25, 0.3) is 0 Å². The Balaban J connectivity index is 2.18. The molecular formula is C17H18O2Se. The molecule has 2 aromatic carbocycles. The average molecular weight is 333 g/mol. The Morgan fingerprint density at radius 2 is 1.65 bits per heavy atom. The fourth-order valence-corrected chi connectivity index (χ4v) is 3.69. The molecule has 0 bridgehead atoms. The maximum absolute atomic E-state index is 11.0. The molecule has 0 aliphatic heterocycles. The molecule has 2 nitrogen and oxygen atoms in total. The fourth-order valence-electron chi connectivity index (χ4n) is 1.85. The number of hydrogen-bond acceptors (Lipinski definition) is 1. The standard InChI is InChI=1S/C17H18O2Se/c1-17(2,3)13-7-9-14(10-8-13)20-15-6-4-5-12(11-15)16(18)19/h4-11H,1-3H3,(H,18,19). The van der Waals surface area contributed by atoms with E-state index in [9.17, 15) is 4.79 Å². The van der Waals surface area contributed by atoms with Gasteiger partial charge in [-0.1, -0.05) is 0 Å². The quantitative estimate of drug-likeness (QED) is 0.876. The van der Waals surface area contributed by atoms with Crippen LogP contribution >= 0.6 is 0 Å². The van der Waals surface area contributed by atoms with E-state index in [1.54, 1.807) is 12.1 Å². The molecule has 2 rings (SSSR count). The predicted octanol–water partition coefficient (Wildman–Crippen LogP) is 2.34. The summed E-state index contributed by atoms with van der Waals surface area (Å²) >= 11 is 0.141. The van der Waals surface area contributed by atoms with Gasteiger partial charge in [-0.05, 0) is 0 Å². The summed E-state index contributed by atoms with van der Waals surface area (Å²) in [5, 5.41) is 9.01. The van der Waals surface area contributed by atoms with Gasteiger partial charge in [0.05, 0.1) is 0 Å². The van der Waals surface area contributed by atoms with Crippen LogP contribution in [0.1, 0.15) is 36.7 Å². The summed E-state index contributed by atoms with van der Waals surface area (Å²) < 4.78 is 2.34. The molecule has 0 spiro atoms. The third-order valence-corrected chi connectivity index (χ3v) is 5.13. The zero-order valence-electron chi connectivity index (χ0n) is 11.9. The topological polar surface area (TPSA) is 37.3 Å². The van der Waals surface area contributed by atoms with E-state index < -0.39 is 5.97 Å². The van der Waals surface area contributed by atoms with Gasteiger partial charge in [-0.25, -0.2) is 0 Å². The Morgan fingerprint density at radius 3 is 2.20 bits per heavy atom. The van der Waals surface area contributed by atoms with Crippen molar-refractivity contribution in [3.63, 3.8) is 0 Å². The molecule has 0 heterocycles. The van der Waals surface area contributed by atoms with E-state index >= 15 is 0 Å². The van der Waals surface area contributed by atoms with Crippen LogP contribution in [0.5, 0.6) is 0 Å². The van der Waals surface area contributed by atoms with Crippen LogP contribution in [0.3, 0.4) is 0 Å². The second kappa shape index (κ2) is 5.82. The third kappa shape index (κ3) is 3.72. The Labute approximate surface area is 126 Å². The number of rotatable bonds is 3. The normalized spacial score (nSPS) is 11.3. The van der Waals surface area contributed by atoms with Gasteiger partial charge in [-0.2, -0.15) is 0 Å². The molecule has 3 heteroatoms. The molecule has 20 heavy (non-hydrogen) atoms. The SMILES string of the molecule is CC(C)(C)c1ccc([Se]c2cccc(C(=O)O)c2)cc1. The average Bonchev–Trinajstić information content (AvgIpc) is 2.38. The number of benzene rings is 2. The van der Waals surface area contributed by atoms with Crippen molar-refractivity contribution >= 4 is 29.8 Å². The summed E-state index contributed by atoms with van der Waals surface area (Å²) in [6.07, 6.45) is 0. The van der Waals surface area contributed by atoms with Gasteiger partial charge >= 0.3 is 126 Å². The van der Waals surface area contributed by atoms with Crippen LogP contribution in [0.2, 0.25) is 0 Å². The van der Waals surface area contributed by atoms with Crippen LogP contribution in [-0.4, -0.2) is 26.0 Å². The molecule has 0 atom stereocenters. The van der Waals surface area contributed by atoms with E-state index in [4.69, 9.17) is 5.11 Å². The molecule has 1 N–H and O–H groups in total. The fraction of sp³-hybridized carbons (Fsp3) is 0.235. The van der Waals surface area contributed by atoms with Crippen LogP contribution in [0.4, 0.5) is 0 Å². The van der Waals surface area contributed by atoms with Gasteiger partial charge in [0.2, 0.25) is 0 Å². The van der Waals surface area contributed by atoms with Gasteiger partial charge in [0, 0.05) is 0 Å². The van der Waals surface area contributed by atoms with Gasteiger partial charge in [-0.15, -0.1) is 0 Å². The van der Waals surface area contributed by atoms with Crippen molar-refractivity contribution in [2.24, 2.45) is 0 Å². The van der Waals surface area contributed by atoms with Gasteiger partial charge < -0.3 is 0 Å². The molecule has 0 aliphatic rings. The zero-order chi connectivity index (χ0) is 14.8. The minimum absolute atomic E-state index is 0.141. The van der Waals surface area contributed by atoms with E-state index in [2.05, 4.69) is 45.0 Å². The van der Waals surface area contributed by atoms with Gasteiger partial charge in [0.15, 0.2) is 0 Å². The number of hydrogen-bond donors (Lipinski definition) is 1. The van der Waals surface area contributed by atoms with Gasteiger partial charge in [-0.3, -0.25) is 0 Å². The molecule has 0 unspecified atom stereocenters. The van der Waals surface area contributed by atoms with Crippen molar-refractivity contribution in [2.75, 3.05) is 0 Å². The number of aromatic carboxylic acids is 1. The van der Waals surface area contributed by atoms with E-state index in [0.29, 0.717) is 5.56 Å². The number of carboxylic acids is 1. The Morgan fingerprint density at radius 1 is 1.00 bits per heavy atom.